The Morgan fingerprint density at radius 2 is 1.86 bits per heavy atom. The van der Waals surface area contributed by atoms with E-state index in [-0.39, 0.29) is 10.8 Å². The molecule has 0 unspecified atom stereocenters. The maximum atomic E-state index is 12.7. The molecule has 2 heterocycles. The van der Waals surface area contributed by atoms with Crippen LogP contribution in [0.25, 0.3) is 22.2 Å². The first-order valence-corrected chi connectivity index (χ1v) is 8.76. The smallest absolute Gasteiger partial charge is 0.355 e. The summed E-state index contributed by atoms with van der Waals surface area (Å²) in [7, 11) is 0. The van der Waals surface area contributed by atoms with Crippen molar-refractivity contribution in [1.82, 2.24) is 10.1 Å². The fourth-order valence-corrected chi connectivity index (χ4v) is 2.89. The number of benzene rings is 2. The van der Waals surface area contributed by atoms with Gasteiger partial charge in [-0.15, -0.1) is 0 Å². The summed E-state index contributed by atoms with van der Waals surface area (Å²) in [4.78, 5) is 3.67. The summed E-state index contributed by atoms with van der Waals surface area (Å²) < 4.78 is 43.5. The zero-order valence-electron chi connectivity index (χ0n) is 14.6. The molecule has 4 rings (SSSR count). The molecule has 0 radical (unpaired) electrons. The van der Waals surface area contributed by atoms with Crippen LogP contribution < -0.4 is 5.43 Å². The average molecular weight is 417 g/mol. The molecule has 0 saturated heterocycles. The van der Waals surface area contributed by atoms with Crippen LogP contribution in [-0.4, -0.2) is 16.4 Å². The second-order valence-electron chi connectivity index (χ2n) is 6.08. The van der Waals surface area contributed by atoms with Crippen molar-refractivity contribution in [3.8, 4) is 11.3 Å². The minimum Gasteiger partial charge on any atom is -0.355 e. The van der Waals surface area contributed by atoms with Crippen molar-refractivity contribution in [3.05, 3.63) is 76.9 Å². The molecular weight excluding hydrogens is 405 g/mol. The van der Waals surface area contributed by atoms with Crippen molar-refractivity contribution < 1.29 is 17.7 Å². The monoisotopic (exact) mass is 416 g/mol. The third kappa shape index (κ3) is 4.07. The van der Waals surface area contributed by atoms with Crippen molar-refractivity contribution in [3.63, 3.8) is 0 Å². The van der Waals surface area contributed by atoms with Gasteiger partial charge in [0.2, 0.25) is 0 Å². The molecule has 1 N–H and O–H groups in total. The van der Waals surface area contributed by atoms with Gasteiger partial charge >= 0.3 is 6.18 Å². The zero-order chi connectivity index (χ0) is 20.4. The topological polar surface area (TPSA) is 63.3 Å². The summed E-state index contributed by atoms with van der Waals surface area (Å²) in [5.41, 5.74) is 3.94. The van der Waals surface area contributed by atoms with E-state index in [1.54, 1.807) is 12.1 Å². The molecule has 29 heavy (non-hydrogen) atoms. The van der Waals surface area contributed by atoms with Gasteiger partial charge < -0.3 is 4.52 Å². The van der Waals surface area contributed by atoms with Crippen molar-refractivity contribution >= 4 is 34.5 Å². The number of hydrogen-bond acceptors (Lipinski definition) is 5. The lowest BCUT2D eigenvalue weighted by atomic mass is 10.1. The highest BCUT2D eigenvalue weighted by Gasteiger charge is 2.31. The first-order chi connectivity index (χ1) is 13.9. The average Bonchev–Trinajstić information content (AvgIpc) is 3.12. The number of hydrazone groups is 1. The molecule has 0 fully saturated rings. The van der Waals surface area contributed by atoms with Gasteiger partial charge in [-0.1, -0.05) is 53.2 Å². The van der Waals surface area contributed by atoms with Crippen LogP contribution in [0.3, 0.4) is 0 Å². The summed E-state index contributed by atoms with van der Waals surface area (Å²) in [5, 5.41) is 8.68. The van der Waals surface area contributed by atoms with Gasteiger partial charge in [-0.05, 0) is 23.8 Å². The molecule has 0 spiro atoms. The Morgan fingerprint density at radius 1 is 1.07 bits per heavy atom. The van der Waals surface area contributed by atoms with Crippen LogP contribution >= 0.6 is 11.6 Å². The van der Waals surface area contributed by atoms with Gasteiger partial charge in [-0.2, -0.15) is 18.3 Å². The largest absolute Gasteiger partial charge is 0.417 e. The van der Waals surface area contributed by atoms with E-state index in [9.17, 15) is 13.2 Å². The number of fused-ring (bicyclic) bond motifs is 1. The normalized spacial score (nSPS) is 12.0. The third-order valence-corrected chi connectivity index (χ3v) is 4.38. The fourth-order valence-electron chi connectivity index (χ4n) is 2.68. The number of nitrogens with one attached hydrogen (secondary N) is 1. The molecule has 146 valence electrons. The molecule has 4 aromatic rings. The molecule has 0 amide bonds. The van der Waals surface area contributed by atoms with Crippen LogP contribution in [0.4, 0.5) is 19.0 Å². The Morgan fingerprint density at radius 3 is 2.59 bits per heavy atom. The maximum Gasteiger partial charge on any atom is 0.417 e. The molecule has 0 aliphatic heterocycles. The Labute approximate surface area is 167 Å². The number of aromatic nitrogens is 2. The summed E-state index contributed by atoms with van der Waals surface area (Å²) in [5.74, 6) is 0.656. The van der Waals surface area contributed by atoms with Crippen LogP contribution in [0.5, 0.6) is 0 Å². The van der Waals surface area contributed by atoms with Crippen LogP contribution in [0.2, 0.25) is 5.02 Å². The highest BCUT2D eigenvalue weighted by atomic mass is 35.5. The number of nitrogens with zero attached hydrogens (tertiary/aromatic N) is 3. The Kier molecular flexibility index (Phi) is 4.94. The molecule has 0 aliphatic carbocycles. The molecule has 0 bridgehead atoms. The summed E-state index contributed by atoms with van der Waals surface area (Å²) in [6.45, 7) is 0. The fraction of sp³-hybridized carbons (Fsp3) is 0.0500. The molecular formula is C20H12ClF3N4O. The number of halogens is 4. The van der Waals surface area contributed by atoms with E-state index in [4.69, 9.17) is 16.1 Å². The van der Waals surface area contributed by atoms with Gasteiger partial charge in [-0.3, -0.25) is 5.43 Å². The van der Waals surface area contributed by atoms with E-state index in [0.29, 0.717) is 17.5 Å². The summed E-state index contributed by atoms with van der Waals surface area (Å²) in [6.07, 6.45) is -2.32. The van der Waals surface area contributed by atoms with Gasteiger partial charge in [-0.25, -0.2) is 4.98 Å². The Bertz CT molecular complexity index is 1190. The van der Waals surface area contributed by atoms with Crippen LogP contribution in [0, 0.1) is 0 Å². The summed E-state index contributed by atoms with van der Waals surface area (Å²) >= 11 is 5.85. The van der Waals surface area contributed by atoms with Gasteiger partial charge in [0.05, 0.1) is 22.2 Å². The molecule has 2 aromatic carbocycles. The number of pyridine rings is 1. The van der Waals surface area contributed by atoms with E-state index < -0.39 is 11.7 Å². The molecule has 0 aliphatic rings. The van der Waals surface area contributed by atoms with Gasteiger partial charge in [0.15, 0.2) is 11.6 Å². The lowest BCUT2D eigenvalue weighted by molar-refractivity contribution is -0.137. The number of alkyl halides is 3. The predicted molar refractivity (Wildman–Crippen MR) is 105 cm³/mol. The predicted octanol–water partition coefficient (Wildman–Crippen LogP) is 6.01. The maximum absolute atomic E-state index is 12.7. The first-order valence-electron chi connectivity index (χ1n) is 8.38. The molecule has 5 nitrogen and oxygen atoms in total. The molecule has 9 heteroatoms. The van der Waals surface area contributed by atoms with Crippen molar-refractivity contribution in [1.29, 1.82) is 0 Å². The lowest BCUT2D eigenvalue weighted by Crippen LogP contribution is -2.06. The standard InChI is InChI=1S/C20H12ClF3N4O/c21-16-9-14(20(22,23)24)11-25-19(16)27-26-10-12-6-7-17-15(8-12)18(29-28-17)13-4-2-1-3-5-13/h1-11H,(H,25,27)/b26-10+. The van der Waals surface area contributed by atoms with Crippen molar-refractivity contribution in [2.45, 2.75) is 6.18 Å². The quantitative estimate of drug-likeness (QED) is 0.327. The van der Waals surface area contributed by atoms with E-state index in [0.717, 1.165) is 22.6 Å². The number of hydrogen-bond donors (Lipinski definition) is 1. The second kappa shape index (κ2) is 7.56. The minimum absolute atomic E-state index is 0.0203. The molecule has 2 aromatic heterocycles. The van der Waals surface area contributed by atoms with Gasteiger partial charge in [0.1, 0.15) is 5.52 Å². The van der Waals surface area contributed by atoms with Crippen LogP contribution in [-0.2, 0) is 6.18 Å². The van der Waals surface area contributed by atoms with Crippen molar-refractivity contribution in [2.75, 3.05) is 5.43 Å². The Hall–Kier alpha value is -3.39. The SMILES string of the molecule is FC(F)(F)c1cnc(N/N=C/c2ccc3noc(-c4ccccc4)c3c2)c(Cl)c1. The molecule has 0 saturated carbocycles. The number of anilines is 1. The van der Waals surface area contributed by atoms with Gasteiger partial charge in [0.25, 0.3) is 0 Å². The van der Waals surface area contributed by atoms with E-state index in [1.165, 1.54) is 6.21 Å². The van der Waals surface area contributed by atoms with Crippen LogP contribution in [0.15, 0.2) is 70.4 Å². The third-order valence-electron chi connectivity index (χ3n) is 4.09. The molecule has 0 atom stereocenters. The number of rotatable bonds is 4. The Balaban J connectivity index is 1.56. The minimum atomic E-state index is -4.51. The highest BCUT2D eigenvalue weighted by Crippen LogP contribution is 2.32. The van der Waals surface area contributed by atoms with Crippen molar-refractivity contribution in [2.24, 2.45) is 5.10 Å². The zero-order valence-corrected chi connectivity index (χ0v) is 15.4. The van der Waals surface area contributed by atoms with Crippen LogP contribution in [0.1, 0.15) is 11.1 Å². The van der Waals surface area contributed by atoms with E-state index >= 15 is 0 Å². The first kappa shape index (κ1) is 18.9. The van der Waals surface area contributed by atoms with E-state index in [2.05, 4.69) is 20.7 Å². The van der Waals surface area contributed by atoms with Gasteiger partial charge in [0, 0.05) is 11.8 Å². The van der Waals surface area contributed by atoms with E-state index in [1.807, 2.05) is 36.4 Å². The second-order valence-corrected chi connectivity index (χ2v) is 6.48. The highest BCUT2D eigenvalue weighted by molar-refractivity contribution is 6.33. The lowest BCUT2D eigenvalue weighted by Gasteiger charge is -2.08. The summed E-state index contributed by atoms with van der Waals surface area (Å²) in [6, 6.07) is 15.8.